The van der Waals surface area contributed by atoms with Crippen LogP contribution in [0.4, 0.5) is 0 Å². The van der Waals surface area contributed by atoms with E-state index in [9.17, 15) is 5.11 Å². The smallest absolute Gasteiger partial charge is 0.0706 e. The zero-order valence-electron chi connectivity index (χ0n) is 10.5. The Labute approximate surface area is 103 Å². The van der Waals surface area contributed by atoms with Crippen LogP contribution < -0.4 is 5.32 Å². The van der Waals surface area contributed by atoms with Crippen LogP contribution in [-0.4, -0.2) is 84.6 Å². The molecule has 0 amide bonds. The van der Waals surface area contributed by atoms with Gasteiger partial charge >= 0.3 is 0 Å². The number of piperidine rings is 1. The highest BCUT2D eigenvalue weighted by atomic mass is 16.3. The first-order valence-electron chi connectivity index (χ1n) is 6.76. The van der Waals surface area contributed by atoms with E-state index in [2.05, 4.69) is 15.1 Å². The molecule has 2 aliphatic rings. The van der Waals surface area contributed by atoms with Crippen LogP contribution in [0.3, 0.4) is 0 Å². The summed E-state index contributed by atoms with van der Waals surface area (Å²) in [7, 11) is 0. The Morgan fingerprint density at radius 3 is 2.47 bits per heavy atom. The third kappa shape index (κ3) is 3.89. The number of hydrogen-bond acceptors (Lipinski definition) is 5. The lowest BCUT2D eigenvalue weighted by Gasteiger charge is -2.38. The number of piperazine rings is 1. The predicted molar refractivity (Wildman–Crippen MR) is 67.0 cm³/mol. The van der Waals surface area contributed by atoms with Crippen LogP contribution in [0.25, 0.3) is 0 Å². The van der Waals surface area contributed by atoms with Gasteiger partial charge in [-0.1, -0.05) is 0 Å². The van der Waals surface area contributed by atoms with Gasteiger partial charge in [0.15, 0.2) is 0 Å². The molecule has 2 atom stereocenters. The van der Waals surface area contributed by atoms with Crippen molar-refractivity contribution >= 4 is 0 Å². The van der Waals surface area contributed by atoms with Crippen molar-refractivity contribution < 1.29 is 10.2 Å². The third-order valence-corrected chi connectivity index (χ3v) is 3.88. The van der Waals surface area contributed by atoms with E-state index in [1.807, 2.05) is 0 Å². The Morgan fingerprint density at radius 1 is 1.12 bits per heavy atom. The quantitative estimate of drug-likeness (QED) is 0.573. The van der Waals surface area contributed by atoms with Gasteiger partial charge in [-0.25, -0.2) is 0 Å². The average molecular weight is 243 g/mol. The molecule has 0 spiro atoms. The predicted octanol–water partition coefficient (Wildman–Crippen LogP) is -1.29. The minimum absolute atomic E-state index is 0.181. The van der Waals surface area contributed by atoms with Crippen molar-refractivity contribution in [2.75, 3.05) is 52.4 Å². The highest BCUT2D eigenvalue weighted by Crippen LogP contribution is 2.11. The first-order valence-corrected chi connectivity index (χ1v) is 6.76. The summed E-state index contributed by atoms with van der Waals surface area (Å²) in [5.74, 6) is 0. The number of nitrogens with one attached hydrogen (secondary N) is 1. The zero-order valence-corrected chi connectivity index (χ0v) is 10.5. The highest BCUT2D eigenvalue weighted by molar-refractivity contribution is 4.85. The Balaban J connectivity index is 1.70. The van der Waals surface area contributed by atoms with Crippen molar-refractivity contribution in [3.63, 3.8) is 0 Å². The fraction of sp³-hybridized carbons (Fsp3) is 1.00. The Hall–Kier alpha value is -0.200. The first-order chi connectivity index (χ1) is 8.29. The zero-order chi connectivity index (χ0) is 12.1. The summed E-state index contributed by atoms with van der Waals surface area (Å²) in [6.45, 7) is 7.18. The van der Waals surface area contributed by atoms with Crippen LogP contribution >= 0.6 is 0 Å². The minimum atomic E-state index is -0.181. The van der Waals surface area contributed by atoms with Crippen molar-refractivity contribution in [3.8, 4) is 0 Å². The summed E-state index contributed by atoms with van der Waals surface area (Å²) in [4.78, 5) is 4.71. The second kappa shape index (κ2) is 6.66. The molecule has 17 heavy (non-hydrogen) atoms. The van der Waals surface area contributed by atoms with Crippen molar-refractivity contribution in [2.24, 2.45) is 0 Å². The molecule has 2 saturated heterocycles. The summed E-state index contributed by atoms with van der Waals surface area (Å²) in [6.07, 6.45) is 1.84. The van der Waals surface area contributed by atoms with Crippen LogP contribution in [0.5, 0.6) is 0 Å². The molecular weight excluding hydrogens is 218 g/mol. The molecule has 3 N–H and O–H groups in total. The van der Waals surface area contributed by atoms with Crippen molar-refractivity contribution in [1.82, 2.24) is 15.1 Å². The molecule has 0 aromatic carbocycles. The molecule has 0 radical (unpaired) electrons. The SMILES string of the molecule is OCCN1CCN(C[C@H]2NCCC[C@@H]2O)CC1. The van der Waals surface area contributed by atoms with Crippen LogP contribution in [0, 0.1) is 0 Å². The van der Waals surface area contributed by atoms with Crippen LogP contribution in [0.15, 0.2) is 0 Å². The molecule has 0 saturated carbocycles. The summed E-state index contributed by atoms with van der Waals surface area (Å²) in [5.41, 5.74) is 0. The fourth-order valence-corrected chi connectivity index (χ4v) is 2.74. The van der Waals surface area contributed by atoms with E-state index >= 15 is 0 Å². The van der Waals surface area contributed by atoms with Gasteiger partial charge < -0.3 is 15.5 Å². The van der Waals surface area contributed by atoms with Crippen molar-refractivity contribution in [3.05, 3.63) is 0 Å². The molecular formula is C12H25N3O2. The van der Waals surface area contributed by atoms with Gasteiger partial charge in [-0.2, -0.15) is 0 Å². The Bertz CT molecular complexity index is 220. The molecule has 2 heterocycles. The maximum absolute atomic E-state index is 9.90. The van der Waals surface area contributed by atoms with E-state index in [4.69, 9.17) is 5.11 Å². The van der Waals surface area contributed by atoms with E-state index in [1.54, 1.807) is 0 Å². The summed E-state index contributed by atoms with van der Waals surface area (Å²) >= 11 is 0. The van der Waals surface area contributed by atoms with Crippen molar-refractivity contribution in [2.45, 2.75) is 25.0 Å². The number of rotatable bonds is 4. The normalized spacial score (nSPS) is 32.8. The molecule has 0 aromatic rings. The lowest BCUT2D eigenvalue weighted by molar-refractivity contribution is 0.0539. The fourth-order valence-electron chi connectivity index (χ4n) is 2.74. The van der Waals surface area contributed by atoms with Gasteiger partial charge in [0.25, 0.3) is 0 Å². The van der Waals surface area contributed by atoms with E-state index in [0.29, 0.717) is 0 Å². The third-order valence-electron chi connectivity index (χ3n) is 3.88. The van der Waals surface area contributed by atoms with Crippen molar-refractivity contribution in [1.29, 1.82) is 0 Å². The second-order valence-electron chi connectivity index (χ2n) is 5.14. The van der Waals surface area contributed by atoms with E-state index in [0.717, 1.165) is 58.7 Å². The largest absolute Gasteiger partial charge is 0.395 e. The number of nitrogens with zero attached hydrogens (tertiary/aromatic N) is 2. The first kappa shape index (κ1) is 13.2. The van der Waals surface area contributed by atoms with Gasteiger partial charge in [0.05, 0.1) is 12.7 Å². The molecule has 5 heteroatoms. The second-order valence-corrected chi connectivity index (χ2v) is 5.14. The summed E-state index contributed by atoms with van der Waals surface area (Å²) in [6, 6.07) is 0.244. The van der Waals surface area contributed by atoms with E-state index < -0.39 is 0 Å². The lowest BCUT2D eigenvalue weighted by Crippen LogP contribution is -2.55. The molecule has 0 aliphatic carbocycles. The maximum Gasteiger partial charge on any atom is 0.0706 e. The maximum atomic E-state index is 9.90. The number of aliphatic hydroxyl groups excluding tert-OH is 2. The number of hydrogen-bond donors (Lipinski definition) is 3. The van der Waals surface area contributed by atoms with Crippen LogP contribution in [0.1, 0.15) is 12.8 Å². The van der Waals surface area contributed by atoms with Gasteiger partial charge in [-0.15, -0.1) is 0 Å². The van der Waals surface area contributed by atoms with Gasteiger partial charge in [-0.05, 0) is 19.4 Å². The topological polar surface area (TPSA) is 59.0 Å². The number of aliphatic hydroxyl groups is 2. The standard InChI is InChI=1S/C12H25N3O2/c16-9-8-14-4-6-15(7-5-14)10-11-12(17)2-1-3-13-11/h11-13,16-17H,1-10H2/t11-,12+/m1/s1. The van der Waals surface area contributed by atoms with Gasteiger partial charge in [0.2, 0.25) is 0 Å². The van der Waals surface area contributed by atoms with E-state index in [-0.39, 0.29) is 18.8 Å². The molecule has 2 rings (SSSR count). The molecule has 0 unspecified atom stereocenters. The minimum Gasteiger partial charge on any atom is -0.395 e. The van der Waals surface area contributed by atoms with E-state index in [1.165, 1.54) is 0 Å². The lowest BCUT2D eigenvalue weighted by atomic mass is 10.0. The monoisotopic (exact) mass is 243 g/mol. The summed E-state index contributed by atoms with van der Waals surface area (Å²) < 4.78 is 0. The Kier molecular flexibility index (Phi) is 5.18. The molecule has 2 aliphatic heterocycles. The van der Waals surface area contributed by atoms with Gasteiger partial charge in [0.1, 0.15) is 0 Å². The summed E-state index contributed by atoms with van der Waals surface area (Å²) in [5, 5.41) is 22.2. The van der Waals surface area contributed by atoms with Crippen LogP contribution in [-0.2, 0) is 0 Å². The number of β-amino-alcohol motifs (C(OH)–C–C–N with tert-alkyl or cyclic N) is 1. The molecule has 100 valence electrons. The molecule has 0 aromatic heterocycles. The Morgan fingerprint density at radius 2 is 1.82 bits per heavy atom. The molecule has 2 fully saturated rings. The van der Waals surface area contributed by atoms with Gasteiger partial charge in [-0.3, -0.25) is 9.80 Å². The molecule has 5 nitrogen and oxygen atoms in total. The van der Waals surface area contributed by atoms with Gasteiger partial charge in [0, 0.05) is 45.3 Å². The van der Waals surface area contributed by atoms with Crippen LogP contribution in [0.2, 0.25) is 0 Å². The molecule has 0 bridgehead atoms. The average Bonchev–Trinajstić information content (AvgIpc) is 2.35. The highest BCUT2D eigenvalue weighted by Gasteiger charge is 2.26.